The number of nitrogens with zero attached hydrogens (tertiary/aromatic N) is 2. The van der Waals surface area contributed by atoms with Crippen molar-refractivity contribution < 1.29 is 0 Å². The summed E-state index contributed by atoms with van der Waals surface area (Å²) in [5, 5.41) is 3.73. The van der Waals surface area contributed by atoms with Crippen LogP contribution in [-0.2, 0) is 6.54 Å². The molecule has 0 radical (unpaired) electrons. The van der Waals surface area contributed by atoms with Crippen LogP contribution in [-0.4, -0.2) is 35.1 Å². The Balaban J connectivity index is 1.56. The number of rotatable bonds is 5. The Labute approximate surface area is 110 Å². The molecular formula is C15H23N3. The summed E-state index contributed by atoms with van der Waals surface area (Å²) in [6.45, 7) is 5.71. The third-order valence-corrected chi connectivity index (χ3v) is 4.53. The van der Waals surface area contributed by atoms with Crippen molar-refractivity contribution in [3.63, 3.8) is 0 Å². The smallest absolute Gasteiger partial charge is 0.0271 e. The molecule has 3 heteroatoms. The lowest BCUT2D eigenvalue weighted by molar-refractivity contribution is 0.213. The molecule has 3 rings (SSSR count). The zero-order valence-electron chi connectivity index (χ0n) is 11.2. The van der Waals surface area contributed by atoms with Crippen molar-refractivity contribution in [1.29, 1.82) is 0 Å². The molecule has 3 atom stereocenters. The highest BCUT2D eigenvalue weighted by atomic mass is 15.1. The van der Waals surface area contributed by atoms with Crippen LogP contribution in [0.2, 0.25) is 0 Å². The summed E-state index contributed by atoms with van der Waals surface area (Å²) in [5.74, 6) is 0.866. The molecule has 0 amide bonds. The quantitative estimate of drug-likeness (QED) is 0.860. The van der Waals surface area contributed by atoms with Crippen molar-refractivity contribution >= 4 is 0 Å². The lowest BCUT2D eigenvalue weighted by Gasteiger charge is -2.28. The summed E-state index contributed by atoms with van der Waals surface area (Å²) in [6, 6.07) is 5.87. The van der Waals surface area contributed by atoms with Gasteiger partial charge in [0.05, 0.1) is 0 Å². The highest BCUT2D eigenvalue weighted by Crippen LogP contribution is 2.33. The number of hydrogen-bond donors (Lipinski definition) is 1. The van der Waals surface area contributed by atoms with Crippen molar-refractivity contribution in [2.45, 2.75) is 44.8 Å². The average Bonchev–Trinajstić information content (AvgIpc) is 3.01. The van der Waals surface area contributed by atoms with Gasteiger partial charge in [-0.15, -0.1) is 0 Å². The third-order valence-electron chi connectivity index (χ3n) is 4.53. The highest BCUT2D eigenvalue weighted by Gasteiger charge is 2.39. The van der Waals surface area contributed by atoms with Crippen LogP contribution in [0.3, 0.4) is 0 Å². The van der Waals surface area contributed by atoms with E-state index in [2.05, 4.69) is 34.3 Å². The first-order valence-electron chi connectivity index (χ1n) is 7.22. The first kappa shape index (κ1) is 12.1. The van der Waals surface area contributed by atoms with E-state index in [4.69, 9.17) is 0 Å². The zero-order valence-corrected chi connectivity index (χ0v) is 11.2. The van der Waals surface area contributed by atoms with Crippen LogP contribution in [0.1, 0.15) is 31.7 Å². The van der Waals surface area contributed by atoms with Crippen molar-refractivity contribution in [3.05, 3.63) is 30.1 Å². The predicted molar refractivity (Wildman–Crippen MR) is 73.2 cm³/mol. The lowest BCUT2D eigenvalue weighted by Crippen LogP contribution is -2.34. The molecular weight excluding hydrogens is 222 g/mol. The summed E-state index contributed by atoms with van der Waals surface area (Å²) in [4.78, 5) is 6.66. The molecule has 2 aliphatic rings. The van der Waals surface area contributed by atoms with Gasteiger partial charge in [-0.3, -0.25) is 9.88 Å². The van der Waals surface area contributed by atoms with Crippen LogP contribution >= 0.6 is 0 Å². The predicted octanol–water partition coefficient (Wildman–Crippen LogP) is 2.04. The van der Waals surface area contributed by atoms with Crippen molar-refractivity contribution in [2.24, 2.45) is 5.92 Å². The zero-order chi connectivity index (χ0) is 12.4. The van der Waals surface area contributed by atoms with E-state index < -0.39 is 0 Å². The van der Waals surface area contributed by atoms with Gasteiger partial charge in [0.1, 0.15) is 0 Å². The van der Waals surface area contributed by atoms with Gasteiger partial charge >= 0.3 is 0 Å². The molecule has 2 aliphatic heterocycles. The maximum absolute atomic E-state index is 4.08. The second-order valence-corrected chi connectivity index (χ2v) is 5.73. The van der Waals surface area contributed by atoms with Crippen LogP contribution in [0.15, 0.2) is 24.5 Å². The van der Waals surface area contributed by atoms with Crippen molar-refractivity contribution in [1.82, 2.24) is 15.2 Å². The minimum absolute atomic E-state index is 0.793. The Kier molecular flexibility index (Phi) is 3.62. The molecule has 0 aliphatic carbocycles. The largest absolute Gasteiger partial charge is 0.311 e. The monoisotopic (exact) mass is 245 g/mol. The van der Waals surface area contributed by atoms with E-state index in [1.54, 1.807) is 0 Å². The Bertz CT molecular complexity index is 379. The van der Waals surface area contributed by atoms with Gasteiger partial charge < -0.3 is 5.32 Å². The maximum Gasteiger partial charge on any atom is 0.0271 e. The Morgan fingerprint density at radius 2 is 2.17 bits per heavy atom. The molecule has 1 aromatic heterocycles. The van der Waals surface area contributed by atoms with Gasteiger partial charge in [-0.2, -0.15) is 0 Å². The number of fused-ring (bicyclic) bond motifs is 2. The van der Waals surface area contributed by atoms with Crippen LogP contribution in [0.4, 0.5) is 0 Å². The first-order valence-corrected chi connectivity index (χ1v) is 7.22. The molecule has 2 saturated heterocycles. The molecule has 1 aromatic rings. The van der Waals surface area contributed by atoms with E-state index in [0.29, 0.717) is 0 Å². The fourth-order valence-corrected chi connectivity index (χ4v) is 3.52. The van der Waals surface area contributed by atoms with E-state index in [1.807, 2.05) is 12.4 Å². The van der Waals surface area contributed by atoms with Gasteiger partial charge in [-0.05, 0) is 49.4 Å². The van der Waals surface area contributed by atoms with Gasteiger partial charge in [-0.1, -0.05) is 6.92 Å². The molecule has 1 N–H and O–H groups in total. The molecule has 3 heterocycles. The van der Waals surface area contributed by atoms with E-state index in [1.165, 1.54) is 31.4 Å². The minimum Gasteiger partial charge on any atom is -0.311 e. The summed E-state index contributed by atoms with van der Waals surface area (Å²) >= 11 is 0. The molecule has 18 heavy (non-hydrogen) atoms. The Morgan fingerprint density at radius 3 is 2.78 bits per heavy atom. The lowest BCUT2D eigenvalue weighted by atomic mass is 9.89. The summed E-state index contributed by atoms with van der Waals surface area (Å²) < 4.78 is 0. The van der Waals surface area contributed by atoms with Crippen LogP contribution in [0.25, 0.3) is 0 Å². The second kappa shape index (κ2) is 5.37. The van der Waals surface area contributed by atoms with Gasteiger partial charge in [0.25, 0.3) is 0 Å². The molecule has 2 fully saturated rings. The fourth-order valence-electron chi connectivity index (χ4n) is 3.52. The van der Waals surface area contributed by atoms with E-state index >= 15 is 0 Å². The SMILES string of the molecule is CCN(Cc1ccncc1)CC1CC2CCC1N2. The molecule has 2 bridgehead atoms. The molecule has 0 saturated carbocycles. The number of hydrogen-bond acceptors (Lipinski definition) is 3. The van der Waals surface area contributed by atoms with Crippen LogP contribution in [0.5, 0.6) is 0 Å². The Morgan fingerprint density at radius 1 is 1.33 bits per heavy atom. The standard InChI is InChI=1S/C15H23N3/c1-2-18(10-12-5-7-16-8-6-12)11-13-9-14-3-4-15(13)17-14/h5-8,13-15,17H,2-4,9-11H2,1H3. The highest BCUT2D eigenvalue weighted by molar-refractivity contribution is 5.09. The van der Waals surface area contributed by atoms with Gasteiger partial charge in [0.2, 0.25) is 0 Å². The van der Waals surface area contributed by atoms with Crippen molar-refractivity contribution in [2.75, 3.05) is 13.1 Å². The second-order valence-electron chi connectivity index (χ2n) is 5.73. The van der Waals surface area contributed by atoms with Gasteiger partial charge in [0.15, 0.2) is 0 Å². The summed E-state index contributed by atoms with van der Waals surface area (Å²) in [6.07, 6.45) is 7.96. The normalized spacial score (nSPS) is 30.2. The van der Waals surface area contributed by atoms with E-state index in [9.17, 15) is 0 Å². The molecule has 98 valence electrons. The molecule has 3 unspecified atom stereocenters. The average molecular weight is 245 g/mol. The van der Waals surface area contributed by atoms with Crippen LogP contribution < -0.4 is 5.32 Å². The first-order chi connectivity index (χ1) is 8.85. The van der Waals surface area contributed by atoms with Crippen LogP contribution in [0, 0.1) is 5.92 Å². The molecule has 0 spiro atoms. The van der Waals surface area contributed by atoms with Gasteiger partial charge in [-0.25, -0.2) is 0 Å². The minimum atomic E-state index is 0.793. The topological polar surface area (TPSA) is 28.2 Å². The number of aromatic nitrogens is 1. The Hall–Kier alpha value is -0.930. The van der Waals surface area contributed by atoms with Crippen molar-refractivity contribution in [3.8, 4) is 0 Å². The third kappa shape index (κ3) is 2.57. The van der Waals surface area contributed by atoms with Gasteiger partial charge in [0, 0.05) is 37.6 Å². The molecule has 0 aromatic carbocycles. The van der Waals surface area contributed by atoms with E-state index in [0.717, 1.165) is 31.1 Å². The maximum atomic E-state index is 4.08. The number of pyridine rings is 1. The molecule has 3 nitrogen and oxygen atoms in total. The summed E-state index contributed by atoms with van der Waals surface area (Å²) in [5.41, 5.74) is 1.38. The van der Waals surface area contributed by atoms with E-state index in [-0.39, 0.29) is 0 Å². The number of nitrogens with one attached hydrogen (secondary N) is 1. The summed E-state index contributed by atoms with van der Waals surface area (Å²) in [7, 11) is 0. The fraction of sp³-hybridized carbons (Fsp3) is 0.667.